The number of hydrogen-bond donors (Lipinski definition) is 1. The minimum Gasteiger partial charge on any atom is -0.384 e. The number of fused-ring (bicyclic) bond motifs is 1. The summed E-state index contributed by atoms with van der Waals surface area (Å²) in [6, 6.07) is 2.30. The third-order valence-electron chi connectivity index (χ3n) is 2.93. The lowest BCUT2D eigenvalue weighted by Gasteiger charge is -2.20. The first-order chi connectivity index (χ1) is 7.16. The molecule has 0 saturated carbocycles. The van der Waals surface area contributed by atoms with E-state index in [2.05, 4.69) is 32.2 Å². The number of aryl methyl sites for hydroxylation is 2. The Morgan fingerprint density at radius 3 is 3.00 bits per heavy atom. The van der Waals surface area contributed by atoms with E-state index in [1.807, 2.05) is 0 Å². The van der Waals surface area contributed by atoms with Gasteiger partial charge in [0.25, 0.3) is 0 Å². The van der Waals surface area contributed by atoms with Crippen molar-refractivity contribution >= 4 is 5.69 Å². The zero-order valence-corrected chi connectivity index (χ0v) is 9.93. The molecule has 1 aliphatic heterocycles. The largest absolute Gasteiger partial charge is 0.384 e. The van der Waals surface area contributed by atoms with Crippen molar-refractivity contribution in [2.75, 3.05) is 11.9 Å². The van der Waals surface area contributed by atoms with Crippen LogP contribution in [-0.4, -0.2) is 11.5 Å². The van der Waals surface area contributed by atoms with Crippen molar-refractivity contribution in [3.63, 3.8) is 0 Å². The minimum absolute atomic E-state index is 0.701. The molecule has 0 aliphatic carbocycles. The van der Waals surface area contributed by atoms with Gasteiger partial charge in [0.1, 0.15) is 0 Å². The maximum absolute atomic E-state index is 4.70. The molecule has 1 aliphatic rings. The van der Waals surface area contributed by atoms with Gasteiger partial charge < -0.3 is 5.32 Å². The van der Waals surface area contributed by atoms with Gasteiger partial charge in [0.15, 0.2) is 0 Å². The Hall–Kier alpha value is -1.05. The van der Waals surface area contributed by atoms with Crippen molar-refractivity contribution in [2.45, 2.75) is 40.0 Å². The molecule has 0 radical (unpaired) electrons. The van der Waals surface area contributed by atoms with Crippen LogP contribution in [-0.2, 0) is 12.8 Å². The number of nitrogens with one attached hydrogen (secondary N) is 1. The van der Waals surface area contributed by atoms with Crippen molar-refractivity contribution in [3.8, 4) is 0 Å². The van der Waals surface area contributed by atoms with Crippen LogP contribution >= 0.6 is 0 Å². The molecule has 0 unspecified atom stereocenters. The first-order valence-corrected chi connectivity index (χ1v) is 5.90. The summed E-state index contributed by atoms with van der Waals surface area (Å²) >= 11 is 0. The third-order valence-corrected chi connectivity index (χ3v) is 2.93. The second kappa shape index (κ2) is 4.21. The van der Waals surface area contributed by atoms with Gasteiger partial charge in [-0.25, -0.2) is 0 Å². The normalized spacial score (nSPS) is 14.9. The third kappa shape index (κ3) is 2.31. The van der Waals surface area contributed by atoms with Gasteiger partial charge in [-0.3, -0.25) is 4.98 Å². The standard InChI is InChI=1S/C13H20N2/c1-9(2)7-11-8-13-12(15-10(11)3)5-4-6-14-13/h8-9,14H,4-7H2,1-3H3. The number of aromatic nitrogens is 1. The van der Waals surface area contributed by atoms with Crippen molar-refractivity contribution in [3.05, 3.63) is 23.0 Å². The summed E-state index contributed by atoms with van der Waals surface area (Å²) in [4.78, 5) is 4.70. The van der Waals surface area contributed by atoms with Crippen LogP contribution in [0.15, 0.2) is 6.07 Å². The van der Waals surface area contributed by atoms with Gasteiger partial charge in [0.05, 0.1) is 11.4 Å². The predicted octanol–water partition coefficient (Wildman–Crippen LogP) is 2.95. The summed E-state index contributed by atoms with van der Waals surface area (Å²) in [6.07, 6.45) is 3.47. The molecule has 2 nitrogen and oxygen atoms in total. The molecule has 2 heteroatoms. The van der Waals surface area contributed by atoms with Crippen LogP contribution in [0.2, 0.25) is 0 Å². The highest BCUT2D eigenvalue weighted by Gasteiger charge is 2.13. The minimum atomic E-state index is 0.701. The number of hydrogen-bond acceptors (Lipinski definition) is 2. The maximum atomic E-state index is 4.70. The van der Waals surface area contributed by atoms with Gasteiger partial charge in [-0.1, -0.05) is 13.8 Å². The van der Waals surface area contributed by atoms with Crippen molar-refractivity contribution in [2.24, 2.45) is 5.92 Å². The fraction of sp³-hybridized carbons (Fsp3) is 0.615. The van der Waals surface area contributed by atoms with Gasteiger partial charge in [-0.05, 0) is 43.7 Å². The van der Waals surface area contributed by atoms with Gasteiger partial charge in [0, 0.05) is 12.2 Å². The van der Waals surface area contributed by atoms with Crippen LogP contribution in [0.3, 0.4) is 0 Å². The molecule has 0 bridgehead atoms. The summed E-state index contributed by atoms with van der Waals surface area (Å²) in [7, 11) is 0. The Kier molecular flexibility index (Phi) is 2.94. The molecule has 0 amide bonds. The second-order valence-electron chi connectivity index (χ2n) is 4.86. The highest BCUT2D eigenvalue weighted by molar-refractivity contribution is 5.52. The summed E-state index contributed by atoms with van der Waals surface area (Å²) in [5.74, 6) is 0.701. The van der Waals surface area contributed by atoms with E-state index in [1.165, 1.54) is 29.1 Å². The molecule has 0 spiro atoms. The fourth-order valence-electron chi connectivity index (χ4n) is 2.17. The summed E-state index contributed by atoms with van der Waals surface area (Å²) in [5, 5.41) is 3.44. The van der Waals surface area contributed by atoms with Crippen LogP contribution < -0.4 is 5.32 Å². The molecule has 82 valence electrons. The zero-order valence-electron chi connectivity index (χ0n) is 9.93. The zero-order chi connectivity index (χ0) is 10.8. The van der Waals surface area contributed by atoms with Crippen molar-refractivity contribution in [1.82, 2.24) is 4.98 Å². The van der Waals surface area contributed by atoms with E-state index >= 15 is 0 Å². The number of nitrogens with zero attached hydrogens (tertiary/aromatic N) is 1. The maximum Gasteiger partial charge on any atom is 0.0638 e. The van der Waals surface area contributed by atoms with Gasteiger partial charge in [0.2, 0.25) is 0 Å². The molecule has 0 aromatic carbocycles. The van der Waals surface area contributed by atoms with Gasteiger partial charge in [-0.2, -0.15) is 0 Å². The first kappa shape index (κ1) is 10.5. The van der Waals surface area contributed by atoms with Crippen molar-refractivity contribution < 1.29 is 0 Å². The van der Waals surface area contributed by atoms with Crippen LogP contribution in [0.1, 0.15) is 37.2 Å². The first-order valence-electron chi connectivity index (χ1n) is 5.90. The molecular weight excluding hydrogens is 184 g/mol. The van der Waals surface area contributed by atoms with E-state index in [4.69, 9.17) is 4.98 Å². The van der Waals surface area contributed by atoms with E-state index < -0.39 is 0 Å². The van der Waals surface area contributed by atoms with Crippen LogP contribution in [0.5, 0.6) is 0 Å². The van der Waals surface area contributed by atoms with E-state index in [0.29, 0.717) is 5.92 Å². The molecular formula is C13H20N2. The molecule has 0 saturated heterocycles. The lowest BCUT2D eigenvalue weighted by atomic mass is 9.99. The molecule has 15 heavy (non-hydrogen) atoms. The molecule has 2 rings (SSSR count). The number of rotatable bonds is 2. The highest BCUT2D eigenvalue weighted by Crippen LogP contribution is 2.24. The second-order valence-corrected chi connectivity index (χ2v) is 4.86. The quantitative estimate of drug-likeness (QED) is 0.801. The molecule has 1 aromatic rings. The topological polar surface area (TPSA) is 24.9 Å². The Labute approximate surface area is 92.1 Å². The van der Waals surface area contributed by atoms with E-state index in [-0.39, 0.29) is 0 Å². The average molecular weight is 204 g/mol. The molecule has 2 heterocycles. The molecule has 1 aromatic heterocycles. The molecule has 0 atom stereocenters. The smallest absolute Gasteiger partial charge is 0.0638 e. The average Bonchev–Trinajstić information content (AvgIpc) is 2.18. The molecule has 1 N–H and O–H groups in total. The Balaban J connectivity index is 2.32. The van der Waals surface area contributed by atoms with E-state index in [9.17, 15) is 0 Å². The van der Waals surface area contributed by atoms with Crippen LogP contribution in [0.25, 0.3) is 0 Å². The fourth-order valence-corrected chi connectivity index (χ4v) is 2.17. The monoisotopic (exact) mass is 204 g/mol. The van der Waals surface area contributed by atoms with Crippen molar-refractivity contribution in [1.29, 1.82) is 0 Å². The predicted molar refractivity (Wildman–Crippen MR) is 64.3 cm³/mol. The Bertz CT molecular complexity index is 356. The molecule has 0 fully saturated rings. The summed E-state index contributed by atoms with van der Waals surface area (Å²) in [6.45, 7) is 7.74. The summed E-state index contributed by atoms with van der Waals surface area (Å²) in [5.41, 5.74) is 5.14. The number of pyridine rings is 1. The van der Waals surface area contributed by atoms with Gasteiger partial charge in [-0.15, -0.1) is 0 Å². The Morgan fingerprint density at radius 2 is 2.27 bits per heavy atom. The van der Waals surface area contributed by atoms with Gasteiger partial charge >= 0.3 is 0 Å². The van der Waals surface area contributed by atoms with Crippen LogP contribution in [0.4, 0.5) is 5.69 Å². The Morgan fingerprint density at radius 1 is 1.47 bits per heavy atom. The van der Waals surface area contributed by atoms with E-state index in [1.54, 1.807) is 0 Å². The lowest BCUT2D eigenvalue weighted by Crippen LogP contribution is -2.15. The lowest BCUT2D eigenvalue weighted by molar-refractivity contribution is 0.640. The number of anilines is 1. The summed E-state index contributed by atoms with van der Waals surface area (Å²) < 4.78 is 0. The van der Waals surface area contributed by atoms with Crippen LogP contribution in [0, 0.1) is 12.8 Å². The van der Waals surface area contributed by atoms with E-state index in [0.717, 1.165) is 19.4 Å². The highest BCUT2D eigenvalue weighted by atomic mass is 14.9. The SMILES string of the molecule is Cc1nc2c(cc1CC(C)C)NCCC2.